The number of anilines is 3. The fourth-order valence-corrected chi connectivity index (χ4v) is 22.4. The Labute approximate surface area is 796 Å². The van der Waals surface area contributed by atoms with Crippen LogP contribution in [-0.4, -0.2) is 251 Å². The topological polar surface area (TPSA) is 331 Å². The van der Waals surface area contributed by atoms with Gasteiger partial charge in [-0.2, -0.15) is 25.5 Å². The minimum atomic E-state index is -0.0100. The number of pyridine rings is 3. The van der Waals surface area contributed by atoms with E-state index in [1.165, 1.54) is 28.3 Å². The van der Waals surface area contributed by atoms with E-state index in [0.29, 0.717) is 82.1 Å². The Morgan fingerprint density at radius 1 is 0.372 bits per heavy atom. The van der Waals surface area contributed by atoms with Gasteiger partial charge in [0.05, 0.1) is 70.7 Å². The van der Waals surface area contributed by atoms with Gasteiger partial charge >= 0.3 is 0 Å². The van der Waals surface area contributed by atoms with E-state index in [1.54, 1.807) is 57.6 Å². The van der Waals surface area contributed by atoms with Gasteiger partial charge in [0.25, 0.3) is 5.91 Å². The zero-order valence-electron chi connectivity index (χ0n) is 79.5. The summed E-state index contributed by atoms with van der Waals surface area (Å²) in [6.07, 6.45) is 24.6. The molecule has 11 aliphatic heterocycles. The number of nitrogens with one attached hydrogen (secondary N) is 2. The fourth-order valence-electron chi connectivity index (χ4n) is 22.4. The highest BCUT2D eigenvalue weighted by atomic mass is 16.5. The highest BCUT2D eigenvalue weighted by Crippen LogP contribution is 2.45. The first-order valence-electron chi connectivity index (χ1n) is 49.0. The number of carbonyl (C=O) groups is 7. The average Bonchev–Trinajstić information content (AvgIpc) is 1.61. The predicted octanol–water partition coefficient (Wildman–Crippen LogP) is 12.0. The largest absolute Gasteiger partial charge is 0.381 e. The van der Waals surface area contributed by atoms with Gasteiger partial charge in [-0.25, -0.2) is 9.97 Å². The van der Waals surface area contributed by atoms with Crippen LogP contribution in [0.5, 0.6) is 0 Å². The SMILES string of the molecule is CC(=O)N1CCc2c(c(-c3cccc4c3CCN(c3cnn(C)c3)C4=O)nn2C2CCOCC2)C1.CC(=O)N1CCc2c(c(-c3cncc4ccccc34)nn2C2CCOCC2)C1.CNC(=O)[C@@H]1CCN(c2cc3cccc(-c4nn(C5CCOCC5)c5c4CN(C(C)=O)CC5)c3cn2)C1.CNC(=O)[C@H]1CCN(c2cc3cccc(-c4nn(C5CCOCC5)c5c4CN(C(C)=O)CC5)c3cn2)C1. The second-order valence-corrected chi connectivity index (χ2v) is 38.1. The van der Waals surface area contributed by atoms with E-state index in [2.05, 4.69) is 122 Å². The summed E-state index contributed by atoms with van der Waals surface area (Å²) in [7, 11) is 5.24. The lowest BCUT2D eigenvalue weighted by molar-refractivity contribution is -0.130. The summed E-state index contributed by atoms with van der Waals surface area (Å²) in [5.41, 5.74) is 20.1. The van der Waals surface area contributed by atoms with E-state index in [9.17, 15) is 33.6 Å². The first-order valence-corrected chi connectivity index (χ1v) is 49.0. The molecule has 6 fully saturated rings. The fraction of sp³-hybridized carbons (Fsp3) is 0.471. The predicted molar refractivity (Wildman–Crippen MR) is 519 cm³/mol. The first kappa shape index (κ1) is 91.6. The molecule has 33 heteroatoms. The third-order valence-corrected chi connectivity index (χ3v) is 30.0. The second kappa shape index (κ2) is 39.9. The molecule has 0 saturated carbocycles. The Hall–Kier alpha value is -13.1. The Kier molecular flexibility index (Phi) is 26.7. The monoisotopic (exact) mass is 1850 g/mol. The highest BCUT2D eigenvalue weighted by molar-refractivity contribution is 6.09. The lowest BCUT2D eigenvalue weighted by atomic mass is 9.90. The molecule has 0 aliphatic carbocycles. The number of amides is 7. The summed E-state index contributed by atoms with van der Waals surface area (Å²) in [5.74, 6) is 2.36. The maximum absolute atomic E-state index is 13.5. The Morgan fingerprint density at radius 2 is 0.745 bits per heavy atom. The number of nitrogens with zero attached hydrogens (tertiary/aromatic N) is 20. The maximum atomic E-state index is 13.5. The number of benzene rings is 4. The van der Waals surface area contributed by atoms with Gasteiger partial charge in [0.2, 0.25) is 35.4 Å². The van der Waals surface area contributed by atoms with E-state index in [-0.39, 0.29) is 53.2 Å². The smallest absolute Gasteiger partial charge is 0.258 e. The number of aromatic nitrogens is 13. The van der Waals surface area contributed by atoms with Gasteiger partial charge in [0.1, 0.15) is 11.6 Å². The number of fused-ring (bicyclic) bond motifs is 8. The number of ether oxygens (including phenoxy) is 4. The quantitative estimate of drug-likeness (QED) is 0.108. The van der Waals surface area contributed by atoms with Crippen LogP contribution in [0.25, 0.3) is 77.3 Å². The molecule has 23 rings (SSSR count). The Balaban J connectivity index is 0.000000113. The van der Waals surface area contributed by atoms with Crippen molar-refractivity contribution in [3.8, 4) is 45.0 Å². The first-order chi connectivity index (χ1) is 66.8. The summed E-state index contributed by atoms with van der Waals surface area (Å²) in [6, 6.07) is 32.4. The van der Waals surface area contributed by atoms with Crippen molar-refractivity contribution in [2.24, 2.45) is 18.9 Å². The zero-order valence-corrected chi connectivity index (χ0v) is 79.5. The molecule has 0 bridgehead atoms. The van der Waals surface area contributed by atoms with E-state index in [4.69, 9.17) is 49.3 Å². The minimum Gasteiger partial charge on any atom is -0.381 e. The number of carbonyl (C=O) groups excluding carboxylic acids is 7. The summed E-state index contributed by atoms with van der Waals surface area (Å²) in [6.45, 7) is 21.5. The third-order valence-electron chi connectivity index (χ3n) is 30.0. The van der Waals surface area contributed by atoms with Crippen LogP contribution in [0.15, 0.2) is 128 Å². The van der Waals surface area contributed by atoms with Crippen LogP contribution in [0.4, 0.5) is 17.3 Å². The van der Waals surface area contributed by atoms with Crippen LogP contribution in [0.3, 0.4) is 0 Å². The van der Waals surface area contributed by atoms with Crippen molar-refractivity contribution in [1.82, 2.24) is 94.1 Å². The summed E-state index contributed by atoms with van der Waals surface area (Å²) >= 11 is 0. The molecule has 19 heterocycles. The minimum absolute atomic E-state index is 0.00118. The van der Waals surface area contributed by atoms with Crippen LogP contribution in [0.1, 0.15) is 177 Å². The lowest BCUT2D eigenvalue weighted by Crippen LogP contribution is -2.37. The van der Waals surface area contributed by atoms with Crippen molar-refractivity contribution in [1.29, 1.82) is 0 Å². The molecule has 0 spiro atoms. The highest BCUT2D eigenvalue weighted by Gasteiger charge is 2.40. The molecule has 12 aromatic rings. The third kappa shape index (κ3) is 18.5. The molecule has 2 atom stereocenters. The van der Waals surface area contributed by atoms with Crippen LogP contribution >= 0.6 is 0 Å². The molecule has 0 unspecified atom stereocenters. The van der Waals surface area contributed by atoms with E-state index < -0.39 is 0 Å². The second-order valence-electron chi connectivity index (χ2n) is 38.1. The van der Waals surface area contributed by atoms with Crippen LogP contribution in [0.2, 0.25) is 0 Å². The van der Waals surface area contributed by atoms with Gasteiger partial charge in [0.15, 0.2) is 0 Å². The Morgan fingerprint density at radius 3 is 1.14 bits per heavy atom. The average molecular weight is 1860 g/mol. The van der Waals surface area contributed by atoms with Crippen molar-refractivity contribution >= 4 is 91.0 Å². The van der Waals surface area contributed by atoms with Gasteiger partial charge in [0, 0.05) is 332 Å². The van der Waals surface area contributed by atoms with Crippen molar-refractivity contribution in [3.63, 3.8) is 0 Å². The molecular weight excluding hydrogens is 1730 g/mol. The summed E-state index contributed by atoms with van der Waals surface area (Å²) in [4.78, 5) is 114. The van der Waals surface area contributed by atoms with Gasteiger partial charge < -0.3 is 63.9 Å². The molecule has 7 amide bonds. The summed E-state index contributed by atoms with van der Waals surface area (Å²) in [5, 5.41) is 37.0. The lowest BCUT2D eigenvalue weighted by Gasteiger charge is -2.30. The van der Waals surface area contributed by atoms with Gasteiger partial charge in [-0.05, 0) is 111 Å². The van der Waals surface area contributed by atoms with E-state index in [0.717, 1.165) is 299 Å². The Bertz CT molecular complexity index is 6370. The molecular formula is C104H122N22O11. The van der Waals surface area contributed by atoms with Crippen molar-refractivity contribution < 1.29 is 52.5 Å². The molecule has 137 heavy (non-hydrogen) atoms. The number of hydrogen-bond donors (Lipinski definition) is 2. The van der Waals surface area contributed by atoms with Gasteiger partial charge in [-0.3, -0.25) is 62.0 Å². The van der Waals surface area contributed by atoms with E-state index >= 15 is 0 Å². The number of rotatable bonds is 13. The molecule has 8 aromatic heterocycles. The van der Waals surface area contributed by atoms with E-state index in [1.807, 2.05) is 75.8 Å². The molecule has 4 aromatic carbocycles. The van der Waals surface area contributed by atoms with Gasteiger partial charge in [-0.1, -0.05) is 72.8 Å². The standard InChI is InChI=1S/2C28H34N6O3.C26H30N6O3.C22H24N4O2/c2*1-18(35)32-11-7-25-24(17-32)27(31-34(25)21-8-12-37-13-9-21)22-5-3-4-19-14-26(30-15-23(19)22)33-10-6-20(16-33)28(36)29-2;1-17(33)30-10-7-24-23(16-30)25(28-32(24)18-8-12-35-13-9-18)21-4-3-5-22-20(21)6-11-31(26(22)34)19-14-27-29(2)15-19;1-15(27)25-9-6-21-20(14-25)22(24-26(21)17-7-10-28-11-8-17)19-13-23-12-16-4-2-3-5-18(16)19/h2*3-5,14-15,20-21H,6-13,16-17H2,1-2H3,(H,29,36);3-5,14-15,18H,6-13,16H2,1-2H3;2-5,12-13,17H,6-11,14H2,1H3/t2*20-;;/m10../s1. The van der Waals surface area contributed by atoms with Crippen molar-refractivity contribution in [2.75, 3.05) is 141 Å². The van der Waals surface area contributed by atoms with Gasteiger partial charge in [-0.15, -0.1) is 0 Å². The van der Waals surface area contributed by atoms with Crippen LogP contribution in [-0.2, 0) is 113 Å². The number of aryl methyl sites for hydroxylation is 1. The zero-order chi connectivity index (χ0) is 94.2. The molecule has 11 aliphatic rings. The number of hydrogen-bond acceptors (Lipinski definition) is 21. The van der Waals surface area contributed by atoms with Crippen LogP contribution < -0.4 is 25.3 Å². The molecule has 2 N–H and O–H groups in total. The molecule has 714 valence electrons. The molecule has 6 saturated heterocycles. The molecule has 33 nitrogen and oxygen atoms in total. The molecule has 0 radical (unpaired) electrons. The van der Waals surface area contributed by atoms with Crippen molar-refractivity contribution in [2.45, 2.75) is 174 Å². The normalized spacial score (nSPS) is 19.3. The van der Waals surface area contributed by atoms with Crippen molar-refractivity contribution in [3.05, 3.63) is 184 Å². The van der Waals surface area contributed by atoms with Crippen LogP contribution in [0, 0.1) is 11.8 Å². The summed E-state index contributed by atoms with van der Waals surface area (Å²) < 4.78 is 33.0. The maximum Gasteiger partial charge on any atom is 0.258 e.